The second-order valence-electron chi connectivity index (χ2n) is 5.18. The van der Waals surface area contributed by atoms with Crippen molar-refractivity contribution in [3.05, 3.63) is 30.1 Å². The van der Waals surface area contributed by atoms with Crippen LogP contribution in [-0.2, 0) is 11.2 Å². The average molecular weight is 258 g/mol. The summed E-state index contributed by atoms with van der Waals surface area (Å²) in [5, 5.41) is 9.38. The van der Waals surface area contributed by atoms with Gasteiger partial charge in [-0.2, -0.15) is 0 Å². The monoisotopic (exact) mass is 258 g/mol. The number of carboxylic acid groups (broad SMARTS) is 1. The number of para-hydroxylation sites is 2. The molecule has 1 aliphatic carbocycles. The van der Waals surface area contributed by atoms with Crippen LogP contribution in [-0.4, -0.2) is 20.6 Å². The van der Waals surface area contributed by atoms with E-state index < -0.39 is 5.97 Å². The van der Waals surface area contributed by atoms with Crippen LogP contribution in [0.2, 0.25) is 0 Å². The summed E-state index contributed by atoms with van der Waals surface area (Å²) >= 11 is 0. The van der Waals surface area contributed by atoms with Crippen LogP contribution in [0.3, 0.4) is 0 Å². The largest absolute Gasteiger partial charge is 0.481 e. The fraction of sp³-hybridized carbons (Fsp3) is 0.467. The molecular formula is C15H18N2O2. The number of carboxylic acids is 1. The molecule has 0 aliphatic heterocycles. The Hall–Kier alpha value is -1.84. The molecule has 2 atom stereocenters. The molecule has 1 N–H and O–H groups in total. The highest BCUT2D eigenvalue weighted by atomic mass is 16.4. The third-order valence-electron chi connectivity index (χ3n) is 4.11. The minimum absolute atomic E-state index is 0.0554. The lowest BCUT2D eigenvalue weighted by atomic mass is 10.0. The first-order valence-corrected chi connectivity index (χ1v) is 6.91. The molecular weight excluding hydrogens is 240 g/mol. The van der Waals surface area contributed by atoms with Crippen molar-refractivity contribution in [2.45, 2.75) is 38.6 Å². The van der Waals surface area contributed by atoms with Crippen LogP contribution in [0.15, 0.2) is 24.3 Å². The van der Waals surface area contributed by atoms with Crippen LogP contribution in [0, 0.1) is 5.92 Å². The van der Waals surface area contributed by atoms with Crippen molar-refractivity contribution in [1.82, 2.24) is 9.55 Å². The maximum absolute atomic E-state index is 11.4. The van der Waals surface area contributed by atoms with Gasteiger partial charge >= 0.3 is 5.97 Å². The van der Waals surface area contributed by atoms with Crippen LogP contribution < -0.4 is 0 Å². The zero-order valence-electron chi connectivity index (χ0n) is 11.0. The first kappa shape index (κ1) is 12.2. The molecule has 4 heteroatoms. The summed E-state index contributed by atoms with van der Waals surface area (Å²) < 4.78 is 2.17. The van der Waals surface area contributed by atoms with Gasteiger partial charge in [0.25, 0.3) is 0 Å². The summed E-state index contributed by atoms with van der Waals surface area (Å²) in [6, 6.07) is 8.06. The summed E-state index contributed by atoms with van der Waals surface area (Å²) in [7, 11) is 0. The normalized spacial score (nSPS) is 23.0. The number of aliphatic carboxylic acids is 1. The Kier molecular flexibility index (Phi) is 3.01. The lowest BCUT2D eigenvalue weighted by Gasteiger charge is -2.20. The number of carbonyl (C=O) groups is 1. The van der Waals surface area contributed by atoms with E-state index in [1.165, 1.54) is 0 Å². The molecule has 0 amide bonds. The van der Waals surface area contributed by atoms with E-state index in [0.717, 1.165) is 42.5 Å². The van der Waals surface area contributed by atoms with Crippen molar-refractivity contribution in [1.29, 1.82) is 0 Å². The van der Waals surface area contributed by atoms with Crippen LogP contribution in [0.25, 0.3) is 11.0 Å². The maximum Gasteiger partial charge on any atom is 0.308 e. The van der Waals surface area contributed by atoms with Crippen LogP contribution >= 0.6 is 0 Å². The number of hydrogen-bond acceptors (Lipinski definition) is 2. The van der Waals surface area contributed by atoms with Crippen molar-refractivity contribution in [2.75, 3.05) is 0 Å². The molecule has 4 nitrogen and oxygen atoms in total. The predicted molar refractivity (Wildman–Crippen MR) is 73.1 cm³/mol. The quantitative estimate of drug-likeness (QED) is 0.920. The summed E-state index contributed by atoms with van der Waals surface area (Å²) in [5.41, 5.74) is 2.04. The Balaban J connectivity index is 2.15. The zero-order valence-corrected chi connectivity index (χ0v) is 11.0. The number of rotatable bonds is 3. The van der Waals surface area contributed by atoms with Gasteiger partial charge in [0, 0.05) is 12.5 Å². The van der Waals surface area contributed by atoms with Gasteiger partial charge in [-0.1, -0.05) is 25.5 Å². The van der Waals surface area contributed by atoms with Crippen molar-refractivity contribution in [3.8, 4) is 0 Å². The van der Waals surface area contributed by atoms with Gasteiger partial charge in [0.1, 0.15) is 5.82 Å². The highest BCUT2D eigenvalue weighted by molar-refractivity contribution is 5.77. The molecule has 1 aliphatic rings. The van der Waals surface area contributed by atoms with E-state index in [1.54, 1.807) is 0 Å². The number of aromatic nitrogens is 2. The van der Waals surface area contributed by atoms with E-state index in [9.17, 15) is 9.90 Å². The number of fused-ring (bicyclic) bond motifs is 1. The summed E-state index contributed by atoms with van der Waals surface area (Å²) in [6.07, 6.45) is 3.52. The maximum atomic E-state index is 11.4. The highest BCUT2D eigenvalue weighted by Gasteiger charge is 2.35. The lowest BCUT2D eigenvalue weighted by Crippen LogP contribution is -2.22. The Bertz CT molecular complexity index is 618. The molecule has 2 aromatic rings. The van der Waals surface area contributed by atoms with E-state index in [1.807, 2.05) is 24.3 Å². The van der Waals surface area contributed by atoms with Gasteiger partial charge < -0.3 is 9.67 Å². The molecule has 0 bridgehead atoms. The van der Waals surface area contributed by atoms with E-state index in [-0.39, 0.29) is 12.0 Å². The Morgan fingerprint density at radius 2 is 2.21 bits per heavy atom. The first-order valence-electron chi connectivity index (χ1n) is 6.91. The molecule has 1 saturated carbocycles. The SMILES string of the molecule is CCc1nc2ccccc2n1C1CCCC1C(=O)O. The van der Waals surface area contributed by atoms with E-state index in [0.29, 0.717) is 0 Å². The third kappa shape index (κ3) is 1.91. The summed E-state index contributed by atoms with van der Waals surface area (Å²) in [4.78, 5) is 16.0. The van der Waals surface area contributed by atoms with Gasteiger partial charge in [-0.3, -0.25) is 4.79 Å². The Morgan fingerprint density at radius 3 is 2.95 bits per heavy atom. The Labute approximate surface area is 112 Å². The number of nitrogens with zero attached hydrogens (tertiary/aromatic N) is 2. The number of hydrogen-bond donors (Lipinski definition) is 1. The molecule has 0 saturated heterocycles. The van der Waals surface area contributed by atoms with E-state index >= 15 is 0 Å². The number of imidazole rings is 1. The highest BCUT2D eigenvalue weighted by Crippen LogP contribution is 2.38. The minimum Gasteiger partial charge on any atom is -0.481 e. The second-order valence-corrected chi connectivity index (χ2v) is 5.18. The Morgan fingerprint density at radius 1 is 1.42 bits per heavy atom. The molecule has 0 radical (unpaired) electrons. The lowest BCUT2D eigenvalue weighted by molar-refractivity contribution is -0.142. The van der Waals surface area contributed by atoms with Crippen LogP contribution in [0.4, 0.5) is 0 Å². The van der Waals surface area contributed by atoms with Gasteiger partial charge in [-0.05, 0) is 25.0 Å². The van der Waals surface area contributed by atoms with Crippen molar-refractivity contribution < 1.29 is 9.90 Å². The zero-order chi connectivity index (χ0) is 13.4. The smallest absolute Gasteiger partial charge is 0.308 e. The molecule has 0 spiro atoms. The summed E-state index contributed by atoms with van der Waals surface area (Å²) in [5.74, 6) is 0.0459. The van der Waals surface area contributed by atoms with Crippen LogP contribution in [0.1, 0.15) is 38.1 Å². The molecule has 1 heterocycles. The van der Waals surface area contributed by atoms with Crippen molar-refractivity contribution in [2.24, 2.45) is 5.92 Å². The van der Waals surface area contributed by atoms with Gasteiger partial charge in [-0.15, -0.1) is 0 Å². The molecule has 3 rings (SSSR count). The molecule has 1 aromatic carbocycles. The van der Waals surface area contributed by atoms with Crippen molar-refractivity contribution in [3.63, 3.8) is 0 Å². The van der Waals surface area contributed by atoms with Crippen LogP contribution in [0.5, 0.6) is 0 Å². The van der Waals surface area contributed by atoms with E-state index in [2.05, 4.69) is 16.5 Å². The standard InChI is InChI=1S/C15H18N2O2/c1-2-14-16-11-7-3-4-8-13(11)17(14)12-9-5-6-10(12)15(18)19/h3-4,7-8,10,12H,2,5-6,9H2,1H3,(H,18,19). The fourth-order valence-corrected chi connectivity index (χ4v) is 3.25. The van der Waals surface area contributed by atoms with E-state index in [4.69, 9.17) is 0 Å². The molecule has 1 aromatic heterocycles. The van der Waals surface area contributed by atoms with Gasteiger partial charge in [0.15, 0.2) is 0 Å². The van der Waals surface area contributed by atoms with Gasteiger partial charge in [-0.25, -0.2) is 4.98 Å². The molecule has 1 fully saturated rings. The molecule has 2 unspecified atom stereocenters. The summed E-state index contributed by atoms with van der Waals surface area (Å²) in [6.45, 7) is 2.07. The minimum atomic E-state index is -0.678. The van der Waals surface area contributed by atoms with Crippen molar-refractivity contribution >= 4 is 17.0 Å². The third-order valence-corrected chi connectivity index (χ3v) is 4.11. The number of aryl methyl sites for hydroxylation is 1. The fourth-order valence-electron chi connectivity index (χ4n) is 3.25. The first-order chi connectivity index (χ1) is 9.22. The average Bonchev–Trinajstić information content (AvgIpc) is 3.01. The van der Waals surface area contributed by atoms with Gasteiger partial charge in [0.2, 0.25) is 0 Å². The second kappa shape index (κ2) is 4.68. The number of benzene rings is 1. The molecule has 19 heavy (non-hydrogen) atoms. The predicted octanol–water partition coefficient (Wildman–Crippen LogP) is 3.02. The topological polar surface area (TPSA) is 55.1 Å². The van der Waals surface area contributed by atoms with Gasteiger partial charge in [0.05, 0.1) is 17.0 Å². The molecule has 100 valence electrons.